The molecule has 0 spiro atoms. The summed E-state index contributed by atoms with van der Waals surface area (Å²) in [6.07, 6.45) is 0. The molecule has 0 aliphatic rings. The van der Waals surface area contributed by atoms with Crippen molar-refractivity contribution in [3.05, 3.63) is 62.6 Å². The molecule has 0 saturated heterocycles. The lowest BCUT2D eigenvalue weighted by Crippen LogP contribution is -2.18. The summed E-state index contributed by atoms with van der Waals surface area (Å²) < 4.78 is 0.977. The van der Waals surface area contributed by atoms with Gasteiger partial charge in [0, 0.05) is 18.1 Å². The number of hydrogen-bond donors (Lipinski definition) is 1. The van der Waals surface area contributed by atoms with Gasteiger partial charge in [0.1, 0.15) is 11.4 Å². The largest absolute Gasteiger partial charge is 0.393 e. The maximum Gasteiger partial charge on any atom is 0.315 e. The van der Waals surface area contributed by atoms with Crippen LogP contribution >= 0.6 is 15.9 Å². The molecule has 5 nitrogen and oxygen atoms in total. The Bertz CT molecular complexity index is 646. The van der Waals surface area contributed by atoms with Gasteiger partial charge in [0.05, 0.1) is 4.92 Å². The predicted octanol–water partition coefficient (Wildman–Crippen LogP) is 3.58. The summed E-state index contributed by atoms with van der Waals surface area (Å²) in [6, 6.07) is 12.8. The highest BCUT2D eigenvalue weighted by molar-refractivity contribution is 9.10. The van der Waals surface area contributed by atoms with Crippen molar-refractivity contribution >= 4 is 33.0 Å². The number of halogens is 1. The van der Waals surface area contributed by atoms with E-state index in [0.29, 0.717) is 12.2 Å². The Labute approximate surface area is 125 Å². The van der Waals surface area contributed by atoms with Crippen LogP contribution in [0.1, 0.15) is 5.56 Å². The van der Waals surface area contributed by atoms with Crippen LogP contribution in [-0.2, 0) is 6.54 Å². The number of nitro groups is 1. The number of nitro benzene ring substituents is 1. The number of rotatable bonds is 4. The average Bonchev–Trinajstić information content (AvgIpc) is 2.37. The van der Waals surface area contributed by atoms with E-state index < -0.39 is 4.92 Å². The predicted molar refractivity (Wildman–Crippen MR) is 83.8 cm³/mol. The maximum absolute atomic E-state index is 11.1. The van der Waals surface area contributed by atoms with Gasteiger partial charge in [-0.1, -0.05) is 34.1 Å². The molecule has 6 heteroatoms. The van der Waals surface area contributed by atoms with Crippen molar-refractivity contribution in [1.82, 2.24) is 0 Å². The van der Waals surface area contributed by atoms with E-state index in [4.69, 9.17) is 5.73 Å². The number of anilines is 2. The van der Waals surface area contributed by atoms with Gasteiger partial charge in [0.25, 0.3) is 0 Å². The van der Waals surface area contributed by atoms with Crippen molar-refractivity contribution in [2.24, 2.45) is 0 Å². The molecule has 0 saturated carbocycles. The fourth-order valence-corrected chi connectivity index (χ4v) is 2.50. The Morgan fingerprint density at radius 3 is 2.65 bits per heavy atom. The molecule has 0 atom stereocenters. The van der Waals surface area contributed by atoms with Crippen molar-refractivity contribution in [3.63, 3.8) is 0 Å². The van der Waals surface area contributed by atoms with E-state index in [9.17, 15) is 10.1 Å². The van der Waals surface area contributed by atoms with Crippen LogP contribution in [0, 0.1) is 10.1 Å². The number of hydrogen-bond acceptors (Lipinski definition) is 4. The molecule has 0 unspecified atom stereocenters. The van der Waals surface area contributed by atoms with Gasteiger partial charge in [0.2, 0.25) is 0 Å². The first-order valence-corrected chi connectivity index (χ1v) is 6.77. The molecule has 0 amide bonds. The molecule has 2 N–H and O–H groups in total. The fourth-order valence-electron chi connectivity index (χ4n) is 2.05. The average molecular weight is 336 g/mol. The number of para-hydroxylation sites is 1. The smallest absolute Gasteiger partial charge is 0.315 e. The van der Waals surface area contributed by atoms with Gasteiger partial charge in [0.15, 0.2) is 0 Å². The topological polar surface area (TPSA) is 72.4 Å². The minimum absolute atomic E-state index is 0.0509. The fraction of sp³-hybridized carbons (Fsp3) is 0.143. The van der Waals surface area contributed by atoms with Crippen molar-refractivity contribution in [2.45, 2.75) is 6.54 Å². The number of nitrogen functional groups attached to an aromatic ring is 1. The second kappa shape index (κ2) is 5.92. The van der Waals surface area contributed by atoms with Crippen molar-refractivity contribution in [3.8, 4) is 0 Å². The van der Waals surface area contributed by atoms with Crippen LogP contribution in [0.4, 0.5) is 17.1 Å². The first-order valence-electron chi connectivity index (χ1n) is 5.97. The second-order valence-corrected chi connectivity index (χ2v) is 5.37. The van der Waals surface area contributed by atoms with Crippen LogP contribution in [0.25, 0.3) is 0 Å². The number of benzene rings is 2. The third-order valence-electron chi connectivity index (χ3n) is 2.95. The van der Waals surface area contributed by atoms with Gasteiger partial charge < -0.3 is 10.6 Å². The summed E-state index contributed by atoms with van der Waals surface area (Å²) in [4.78, 5) is 12.5. The Hall–Kier alpha value is -2.08. The Morgan fingerprint density at radius 1 is 1.30 bits per heavy atom. The van der Waals surface area contributed by atoms with Gasteiger partial charge in [-0.25, -0.2) is 0 Å². The minimum Gasteiger partial charge on any atom is -0.393 e. The first kappa shape index (κ1) is 14.3. The lowest BCUT2D eigenvalue weighted by Gasteiger charge is -2.20. The summed E-state index contributed by atoms with van der Waals surface area (Å²) in [6.45, 7) is 0.559. The van der Waals surface area contributed by atoms with Crippen LogP contribution in [0.5, 0.6) is 0 Å². The highest BCUT2D eigenvalue weighted by Crippen LogP contribution is 2.33. The van der Waals surface area contributed by atoms with Gasteiger partial charge in [-0.3, -0.25) is 10.1 Å². The van der Waals surface area contributed by atoms with Crippen LogP contribution in [0.3, 0.4) is 0 Å². The molecule has 0 aliphatic heterocycles. The molecule has 0 aromatic heterocycles. The summed E-state index contributed by atoms with van der Waals surface area (Å²) >= 11 is 3.41. The highest BCUT2D eigenvalue weighted by Gasteiger charge is 2.20. The molecule has 0 radical (unpaired) electrons. The molecule has 0 heterocycles. The Kier molecular flexibility index (Phi) is 4.24. The molecule has 0 aliphatic carbocycles. The van der Waals surface area contributed by atoms with Crippen LogP contribution in [0.2, 0.25) is 0 Å². The zero-order valence-electron chi connectivity index (χ0n) is 10.9. The normalized spacial score (nSPS) is 10.3. The Morgan fingerprint density at radius 2 is 2.00 bits per heavy atom. The zero-order chi connectivity index (χ0) is 14.7. The second-order valence-electron chi connectivity index (χ2n) is 4.46. The van der Waals surface area contributed by atoms with E-state index in [1.54, 1.807) is 12.1 Å². The van der Waals surface area contributed by atoms with Gasteiger partial charge in [-0.05, 0) is 29.8 Å². The molecule has 2 rings (SSSR count). The molecular formula is C14H14BrN3O2. The van der Waals surface area contributed by atoms with Gasteiger partial charge in [-0.2, -0.15) is 0 Å². The summed E-state index contributed by atoms with van der Waals surface area (Å²) in [5, 5.41) is 11.1. The summed E-state index contributed by atoms with van der Waals surface area (Å²) in [5.41, 5.74) is 7.39. The quantitative estimate of drug-likeness (QED) is 0.526. The van der Waals surface area contributed by atoms with Crippen LogP contribution < -0.4 is 10.6 Å². The third-order valence-corrected chi connectivity index (χ3v) is 3.44. The van der Waals surface area contributed by atoms with Gasteiger partial charge >= 0.3 is 5.69 Å². The summed E-state index contributed by atoms with van der Waals surface area (Å²) in [7, 11) is 1.81. The standard InChI is InChI=1S/C14H14BrN3O2/c1-17(9-10-4-2-5-11(15)8-10)13-7-3-6-12(16)14(13)18(19)20/h2-8H,9,16H2,1H3. The molecule has 20 heavy (non-hydrogen) atoms. The van der Waals surface area contributed by atoms with E-state index in [1.807, 2.05) is 36.2 Å². The third kappa shape index (κ3) is 3.08. The van der Waals surface area contributed by atoms with Gasteiger partial charge in [-0.15, -0.1) is 0 Å². The first-order chi connectivity index (χ1) is 9.49. The lowest BCUT2D eigenvalue weighted by molar-refractivity contribution is -0.383. The van der Waals surface area contributed by atoms with Crippen LogP contribution in [-0.4, -0.2) is 12.0 Å². The van der Waals surface area contributed by atoms with E-state index in [2.05, 4.69) is 15.9 Å². The Balaban J connectivity index is 2.32. The summed E-state index contributed by atoms with van der Waals surface area (Å²) in [5.74, 6) is 0. The maximum atomic E-state index is 11.1. The number of nitrogens with zero attached hydrogens (tertiary/aromatic N) is 2. The monoisotopic (exact) mass is 335 g/mol. The van der Waals surface area contributed by atoms with E-state index in [1.165, 1.54) is 6.07 Å². The number of nitrogens with two attached hydrogens (primary N) is 1. The highest BCUT2D eigenvalue weighted by atomic mass is 79.9. The van der Waals surface area contributed by atoms with Crippen molar-refractivity contribution in [2.75, 3.05) is 17.7 Å². The molecule has 0 bridgehead atoms. The molecule has 2 aromatic rings. The van der Waals surface area contributed by atoms with Crippen molar-refractivity contribution in [1.29, 1.82) is 0 Å². The van der Waals surface area contributed by atoms with E-state index >= 15 is 0 Å². The molecule has 0 fully saturated rings. The van der Waals surface area contributed by atoms with E-state index in [-0.39, 0.29) is 11.4 Å². The molecule has 2 aromatic carbocycles. The van der Waals surface area contributed by atoms with Crippen LogP contribution in [0.15, 0.2) is 46.9 Å². The zero-order valence-corrected chi connectivity index (χ0v) is 12.5. The lowest BCUT2D eigenvalue weighted by atomic mass is 10.2. The molecular weight excluding hydrogens is 322 g/mol. The molecule has 104 valence electrons. The van der Waals surface area contributed by atoms with E-state index in [0.717, 1.165) is 10.0 Å². The SMILES string of the molecule is CN(Cc1cccc(Br)c1)c1cccc(N)c1[N+](=O)[O-]. The van der Waals surface area contributed by atoms with Crippen molar-refractivity contribution < 1.29 is 4.92 Å². The minimum atomic E-state index is -0.442.